The lowest BCUT2D eigenvalue weighted by Crippen LogP contribution is -2.43. The molecule has 1 fully saturated rings. The highest BCUT2D eigenvalue weighted by atomic mass is 32.2. The summed E-state index contributed by atoms with van der Waals surface area (Å²) in [4.78, 5) is 0. The van der Waals surface area contributed by atoms with E-state index in [1.165, 1.54) is 9.87 Å². The monoisotopic (exact) mass is 347 g/mol. The highest BCUT2D eigenvalue weighted by molar-refractivity contribution is 7.90. The summed E-state index contributed by atoms with van der Waals surface area (Å²) >= 11 is 0. The van der Waals surface area contributed by atoms with Crippen molar-refractivity contribution in [2.45, 2.75) is 6.92 Å². The number of ether oxygens (including phenoxy) is 1. The number of anilines is 3. The fourth-order valence-electron chi connectivity index (χ4n) is 2.43. The maximum atomic E-state index is 12.3. The molecule has 0 aliphatic carbocycles. The second kappa shape index (κ2) is 7.21. The highest BCUT2D eigenvalue weighted by Gasteiger charge is 2.23. The van der Waals surface area contributed by atoms with Gasteiger partial charge in [0, 0.05) is 30.2 Å². The average Bonchev–Trinajstić information content (AvgIpc) is 2.59. The molecule has 1 saturated heterocycles. The van der Waals surface area contributed by atoms with Gasteiger partial charge in [-0.3, -0.25) is 4.72 Å². The van der Waals surface area contributed by atoms with E-state index < -0.39 is 10.2 Å². The Morgan fingerprint density at radius 1 is 0.875 bits per heavy atom. The maximum absolute atomic E-state index is 12.3. The van der Waals surface area contributed by atoms with Crippen molar-refractivity contribution in [3.8, 4) is 0 Å². The van der Waals surface area contributed by atoms with Crippen molar-refractivity contribution < 1.29 is 13.2 Å². The molecule has 0 atom stereocenters. The molecule has 6 nitrogen and oxygen atoms in total. The number of hydrogen-bond donors (Lipinski definition) is 2. The van der Waals surface area contributed by atoms with Crippen LogP contribution < -0.4 is 10.0 Å². The molecule has 1 aliphatic rings. The van der Waals surface area contributed by atoms with Gasteiger partial charge in [-0.2, -0.15) is 12.7 Å². The molecule has 0 bridgehead atoms. The zero-order chi connectivity index (χ0) is 17.0. The van der Waals surface area contributed by atoms with E-state index in [2.05, 4.69) is 10.0 Å². The third kappa shape index (κ3) is 4.25. The number of benzene rings is 2. The van der Waals surface area contributed by atoms with Gasteiger partial charge in [-0.15, -0.1) is 0 Å². The largest absolute Gasteiger partial charge is 0.379 e. The molecule has 24 heavy (non-hydrogen) atoms. The van der Waals surface area contributed by atoms with Crippen LogP contribution in [-0.2, 0) is 14.9 Å². The predicted octanol–water partition coefficient (Wildman–Crippen LogP) is 2.73. The molecule has 0 aromatic heterocycles. The summed E-state index contributed by atoms with van der Waals surface area (Å²) in [5.74, 6) is 0. The van der Waals surface area contributed by atoms with Crippen molar-refractivity contribution in [1.82, 2.24) is 4.31 Å². The van der Waals surface area contributed by atoms with E-state index in [4.69, 9.17) is 4.74 Å². The molecule has 0 saturated carbocycles. The number of hydrogen-bond acceptors (Lipinski definition) is 4. The summed E-state index contributed by atoms with van der Waals surface area (Å²) in [6.45, 7) is 3.66. The fraction of sp³-hybridized carbons (Fsp3) is 0.294. The van der Waals surface area contributed by atoms with Gasteiger partial charge in [-0.25, -0.2) is 0 Å². The maximum Gasteiger partial charge on any atom is 0.301 e. The lowest BCUT2D eigenvalue weighted by molar-refractivity contribution is 0.0733. The molecule has 0 spiro atoms. The molecule has 128 valence electrons. The first-order valence-corrected chi connectivity index (χ1v) is 9.26. The Morgan fingerprint density at radius 2 is 1.38 bits per heavy atom. The van der Waals surface area contributed by atoms with Crippen molar-refractivity contribution in [2.75, 3.05) is 36.3 Å². The van der Waals surface area contributed by atoms with Crippen LogP contribution in [0, 0.1) is 6.92 Å². The third-order valence-electron chi connectivity index (χ3n) is 3.78. The first-order chi connectivity index (χ1) is 11.5. The molecule has 2 aromatic carbocycles. The number of morpholine rings is 1. The molecule has 0 unspecified atom stereocenters. The van der Waals surface area contributed by atoms with Crippen molar-refractivity contribution in [3.63, 3.8) is 0 Å². The molecule has 7 heteroatoms. The van der Waals surface area contributed by atoms with Gasteiger partial charge in [0.1, 0.15) is 0 Å². The predicted molar refractivity (Wildman–Crippen MR) is 95.8 cm³/mol. The van der Waals surface area contributed by atoms with Crippen LogP contribution in [0.5, 0.6) is 0 Å². The normalized spacial score (nSPS) is 15.9. The van der Waals surface area contributed by atoms with E-state index in [0.717, 1.165) is 11.4 Å². The number of rotatable bonds is 5. The second-order valence-electron chi connectivity index (χ2n) is 5.69. The Balaban J connectivity index is 1.64. The summed E-state index contributed by atoms with van der Waals surface area (Å²) in [6, 6.07) is 15.3. The van der Waals surface area contributed by atoms with Gasteiger partial charge in [0.05, 0.1) is 13.2 Å². The van der Waals surface area contributed by atoms with Gasteiger partial charge in [0.2, 0.25) is 0 Å². The van der Waals surface area contributed by atoms with Gasteiger partial charge in [0.15, 0.2) is 0 Å². The van der Waals surface area contributed by atoms with Crippen molar-refractivity contribution in [1.29, 1.82) is 0 Å². The summed E-state index contributed by atoms with van der Waals surface area (Å²) in [5.41, 5.74) is 3.62. The van der Waals surface area contributed by atoms with Gasteiger partial charge in [-0.05, 0) is 43.3 Å². The van der Waals surface area contributed by atoms with E-state index in [1.54, 1.807) is 12.1 Å². The van der Waals surface area contributed by atoms with Gasteiger partial charge < -0.3 is 10.1 Å². The van der Waals surface area contributed by atoms with E-state index in [1.807, 2.05) is 43.3 Å². The molecule has 0 radical (unpaired) electrons. The third-order valence-corrected chi connectivity index (χ3v) is 5.32. The minimum Gasteiger partial charge on any atom is -0.379 e. The molecular formula is C17H21N3O3S. The topological polar surface area (TPSA) is 70.7 Å². The SMILES string of the molecule is Cc1ccc(Nc2ccc(NS(=O)(=O)N3CCOCC3)cc2)cc1. The van der Waals surface area contributed by atoms with Crippen LogP contribution in [0.15, 0.2) is 48.5 Å². The van der Waals surface area contributed by atoms with Crippen molar-refractivity contribution >= 4 is 27.3 Å². The standard InChI is InChI=1S/C17H21N3O3S/c1-14-2-4-15(5-3-14)18-16-6-8-17(9-7-16)19-24(21,22)20-10-12-23-13-11-20/h2-9,18-19H,10-13H2,1H3. The Labute approximate surface area is 142 Å². The van der Waals surface area contributed by atoms with Crippen LogP contribution in [0.4, 0.5) is 17.1 Å². The minimum absolute atomic E-state index is 0.377. The van der Waals surface area contributed by atoms with Gasteiger partial charge in [0.25, 0.3) is 0 Å². The van der Waals surface area contributed by atoms with Gasteiger partial charge >= 0.3 is 10.2 Å². The first-order valence-electron chi connectivity index (χ1n) is 7.82. The Bertz CT molecular complexity index is 768. The summed E-state index contributed by atoms with van der Waals surface area (Å²) in [6.07, 6.45) is 0. The van der Waals surface area contributed by atoms with Crippen LogP contribution >= 0.6 is 0 Å². The average molecular weight is 347 g/mol. The molecule has 2 aromatic rings. The van der Waals surface area contributed by atoms with Crippen LogP contribution in [0.3, 0.4) is 0 Å². The molecule has 1 heterocycles. The van der Waals surface area contributed by atoms with E-state index in [-0.39, 0.29) is 0 Å². The van der Waals surface area contributed by atoms with Crippen LogP contribution in [0.2, 0.25) is 0 Å². The van der Waals surface area contributed by atoms with Crippen molar-refractivity contribution in [2.24, 2.45) is 0 Å². The van der Waals surface area contributed by atoms with Crippen molar-refractivity contribution in [3.05, 3.63) is 54.1 Å². The summed E-state index contributed by atoms with van der Waals surface area (Å²) in [5, 5.41) is 3.28. The number of nitrogens with one attached hydrogen (secondary N) is 2. The quantitative estimate of drug-likeness (QED) is 0.872. The van der Waals surface area contributed by atoms with E-state index in [0.29, 0.717) is 32.0 Å². The zero-order valence-corrected chi connectivity index (χ0v) is 14.3. The Morgan fingerprint density at radius 3 is 1.96 bits per heavy atom. The minimum atomic E-state index is -3.53. The lowest BCUT2D eigenvalue weighted by atomic mass is 10.2. The molecule has 0 amide bonds. The molecule has 2 N–H and O–H groups in total. The number of nitrogens with zero attached hydrogens (tertiary/aromatic N) is 1. The Kier molecular flexibility index (Phi) is 5.03. The van der Waals surface area contributed by atoms with E-state index in [9.17, 15) is 8.42 Å². The van der Waals surface area contributed by atoms with Crippen LogP contribution in [0.25, 0.3) is 0 Å². The summed E-state index contributed by atoms with van der Waals surface area (Å²) in [7, 11) is -3.53. The van der Waals surface area contributed by atoms with Crippen LogP contribution in [0.1, 0.15) is 5.56 Å². The smallest absolute Gasteiger partial charge is 0.301 e. The number of aryl methyl sites for hydroxylation is 1. The van der Waals surface area contributed by atoms with Crippen LogP contribution in [-0.4, -0.2) is 39.0 Å². The highest BCUT2D eigenvalue weighted by Crippen LogP contribution is 2.20. The Hall–Kier alpha value is -2.09. The second-order valence-corrected chi connectivity index (χ2v) is 7.36. The summed E-state index contributed by atoms with van der Waals surface area (Å²) < 4.78 is 33.8. The first kappa shape index (κ1) is 16.8. The zero-order valence-electron chi connectivity index (χ0n) is 13.5. The lowest BCUT2D eigenvalue weighted by Gasteiger charge is -2.26. The molecule has 1 aliphatic heterocycles. The van der Waals surface area contributed by atoms with Gasteiger partial charge in [-0.1, -0.05) is 17.7 Å². The fourth-order valence-corrected chi connectivity index (χ4v) is 3.62. The molecular weight excluding hydrogens is 326 g/mol. The molecule has 3 rings (SSSR count). The van der Waals surface area contributed by atoms with E-state index >= 15 is 0 Å².